The molecule has 0 aliphatic rings. The van der Waals surface area contributed by atoms with Crippen LogP contribution < -0.4 is 0 Å². The van der Waals surface area contributed by atoms with Crippen LogP contribution in [0.15, 0.2) is 0 Å². The fourth-order valence-corrected chi connectivity index (χ4v) is 0.953. The molecule has 1 N–H and O–H groups in total. The summed E-state index contributed by atoms with van der Waals surface area (Å²) >= 11 is 0. The van der Waals surface area contributed by atoms with Gasteiger partial charge in [0, 0.05) is 0 Å². The standard InChI is InChI=1S/C8H16O2.Bi.3H/c1-3-5-6-7(4-2)8(9)10;;;;/h7H,3-6H2,1-2H3,(H,9,10);;;;. The van der Waals surface area contributed by atoms with E-state index in [0.29, 0.717) is 0 Å². The third-order valence-corrected chi connectivity index (χ3v) is 1.75. The Labute approximate surface area is 87.5 Å². The molecule has 0 radical (unpaired) electrons. The summed E-state index contributed by atoms with van der Waals surface area (Å²) in [5.74, 6) is -0.754. The molecule has 0 saturated heterocycles. The van der Waals surface area contributed by atoms with Crippen molar-refractivity contribution in [1.29, 1.82) is 0 Å². The van der Waals surface area contributed by atoms with E-state index in [1.54, 1.807) is 0 Å². The molecule has 68 valence electrons. The predicted octanol–water partition coefficient (Wildman–Crippen LogP) is 1.10. The van der Waals surface area contributed by atoms with Gasteiger partial charge in [0.25, 0.3) is 0 Å². The predicted molar refractivity (Wildman–Crippen MR) is 50.9 cm³/mol. The summed E-state index contributed by atoms with van der Waals surface area (Å²) < 4.78 is 0. The van der Waals surface area contributed by atoms with Gasteiger partial charge in [0.1, 0.15) is 0 Å². The van der Waals surface area contributed by atoms with E-state index in [2.05, 4.69) is 6.92 Å². The normalized spacial score (nSPS) is 11.8. The Bertz CT molecular complexity index is 104. The molecule has 2 nitrogen and oxygen atoms in total. The number of rotatable bonds is 5. The number of hydrogen-bond donors (Lipinski definition) is 1. The SMILES string of the molecule is CCCCC(CC)C(=O)O.[BiH3]. The van der Waals surface area contributed by atoms with E-state index in [9.17, 15) is 4.79 Å². The molecule has 0 rings (SSSR count). The van der Waals surface area contributed by atoms with Gasteiger partial charge in [-0.15, -0.1) is 0 Å². The zero-order chi connectivity index (χ0) is 7.98. The van der Waals surface area contributed by atoms with Crippen LogP contribution in [0.25, 0.3) is 0 Å². The Balaban J connectivity index is 0. The van der Waals surface area contributed by atoms with Gasteiger partial charge in [-0.1, -0.05) is 26.7 Å². The molecule has 0 aliphatic heterocycles. The number of aliphatic carboxylic acids is 1. The number of carboxylic acids is 1. The third kappa shape index (κ3) is 6.74. The molecule has 0 saturated carbocycles. The molecule has 1 atom stereocenters. The average molecular weight is 356 g/mol. The summed E-state index contributed by atoms with van der Waals surface area (Å²) in [5, 5.41) is 8.60. The van der Waals surface area contributed by atoms with Crippen LogP contribution in [-0.4, -0.2) is 37.3 Å². The summed E-state index contributed by atoms with van der Waals surface area (Å²) in [6.45, 7) is 4.00. The van der Waals surface area contributed by atoms with Crippen molar-refractivity contribution in [2.45, 2.75) is 39.5 Å². The summed E-state index contributed by atoms with van der Waals surface area (Å²) in [7, 11) is 0. The molecule has 0 amide bonds. The van der Waals surface area contributed by atoms with Gasteiger partial charge < -0.3 is 5.11 Å². The van der Waals surface area contributed by atoms with Crippen LogP contribution in [0, 0.1) is 5.92 Å². The van der Waals surface area contributed by atoms with Gasteiger partial charge in [-0.2, -0.15) is 0 Å². The molecule has 0 fully saturated rings. The van der Waals surface area contributed by atoms with E-state index in [4.69, 9.17) is 5.11 Å². The van der Waals surface area contributed by atoms with Crippen LogP contribution in [0.4, 0.5) is 0 Å². The third-order valence-electron chi connectivity index (χ3n) is 1.75. The van der Waals surface area contributed by atoms with Gasteiger partial charge >= 0.3 is 32.2 Å². The minimum absolute atomic E-state index is 0. The molecule has 0 aromatic carbocycles. The zero-order valence-corrected chi connectivity index (χ0v) is 13.0. The first kappa shape index (κ1) is 13.9. The fraction of sp³-hybridized carbons (Fsp3) is 0.875. The van der Waals surface area contributed by atoms with Gasteiger partial charge in [-0.3, -0.25) is 4.79 Å². The van der Waals surface area contributed by atoms with Gasteiger partial charge in [0.2, 0.25) is 0 Å². The van der Waals surface area contributed by atoms with Crippen molar-refractivity contribution < 1.29 is 9.90 Å². The summed E-state index contributed by atoms with van der Waals surface area (Å²) in [6, 6.07) is 0. The molecule has 0 bridgehead atoms. The second-order valence-corrected chi connectivity index (χ2v) is 2.59. The zero-order valence-electron chi connectivity index (χ0n) is 7.47. The van der Waals surface area contributed by atoms with E-state index >= 15 is 0 Å². The number of carbonyl (C=O) groups is 1. The van der Waals surface area contributed by atoms with E-state index < -0.39 is 5.97 Å². The molecule has 0 aliphatic carbocycles. The molecule has 0 heterocycles. The molecule has 1 unspecified atom stereocenters. The van der Waals surface area contributed by atoms with Crippen LogP contribution in [-0.2, 0) is 4.79 Å². The maximum absolute atomic E-state index is 10.4. The Morgan fingerprint density at radius 3 is 2.27 bits per heavy atom. The first-order valence-electron chi connectivity index (χ1n) is 3.95. The molecule has 0 spiro atoms. The van der Waals surface area contributed by atoms with Gasteiger partial charge in [0.05, 0.1) is 5.92 Å². The van der Waals surface area contributed by atoms with Crippen molar-refractivity contribution in [2.75, 3.05) is 0 Å². The van der Waals surface area contributed by atoms with Gasteiger partial charge in [-0.25, -0.2) is 0 Å². The van der Waals surface area contributed by atoms with Crippen molar-refractivity contribution in [3.8, 4) is 0 Å². The summed E-state index contributed by atoms with van der Waals surface area (Å²) in [4.78, 5) is 10.4. The fourth-order valence-electron chi connectivity index (χ4n) is 0.953. The number of carboxylic acid groups (broad SMARTS) is 1. The average Bonchev–Trinajstić information content (AvgIpc) is 1.89. The molecule has 0 aromatic heterocycles. The van der Waals surface area contributed by atoms with Crippen LogP contribution in [0.1, 0.15) is 39.5 Å². The van der Waals surface area contributed by atoms with Crippen molar-refractivity contribution >= 4 is 32.2 Å². The summed E-state index contributed by atoms with van der Waals surface area (Å²) in [5.41, 5.74) is 0. The maximum atomic E-state index is 10.4. The van der Waals surface area contributed by atoms with Crippen molar-refractivity contribution in [2.24, 2.45) is 5.92 Å². The van der Waals surface area contributed by atoms with E-state index in [1.165, 1.54) is 0 Å². The summed E-state index contributed by atoms with van der Waals surface area (Å²) in [6.07, 6.45) is 3.71. The van der Waals surface area contributed by atoms with Crippen molar-refractivity contribution in [1.82, 2.24) is 0 Å². The van der Waals surface area contributed by atoms with Crippen LogP contribution in [0.2, 0.25) is 0 Å². The van der Waals surface area contributed by atoms with Gasteiger partial charge in [0.15, 0.2) is 0 Å². The van der Waals surface area contributed by atoms with Crippen molar-refractivity contribution in [3.05, 3.63) is 0 Å². The van der Waals surface area contributed by atoms with Crippen LogP contribution >= 0.6 is 0 Å². The molecular weight excluding hydrogens is 337 g/mol. The second-order valence-electron chi connectivity index (χ2n) is 2.59. The van der Waals surface area contributed by atoms with Crippen LogP contribution in [0.3, 0.4) is 0 Å². The Morgan fingerprint density at radius 1 is 1.45 bits per heavy atom. The number of hydrogen-bond acceptors (Lipinski definition) is 1. The number of unbranched alkanes of at least 4 members (excludes halogenated alkanes) is 1. The van der Waals surface area contributed by atoms with E-state index in [1.807, 2.05) is 6.92 Å². The Kier molecular flexibility index (Phi) is 10.7. The Morgan fingerprint density at radius 2 is 2.00 bits per heavy atom. The van der Waals surface area contributed by atoms with Crippen LogP contribution in [0.5, 0.6) is 0 Å². The molecule has 0 aromatic rings. The monoisotopic (exact) mass is 356 g/mol. The van der Waals surface area contributed by atoms with E-state index in [0.717, 1.165) is 25.7 Å². The first-order valence-corrected chi connectivity index (χ1v) is 3.95. The van der Waals surface area contributed by atoms with Crippen molar-refractivity contribution in [3.63, 3.8) is 0 Å². The first-order chi connectivity index (χ1) is 4.72. The molecule has 11 heavy (non-hydrogen) atoms. The molecular formula is C8H19BiO2. The topological polar surface area (TPSA) is 37.3 Å². The molecule has 3 heteroatoms. The van der Waals surface area contributed by atoms with Gasteiger partial charge in [-0.05, 0) is 12.8 Å². The van der Waals surface area contributed by atoms with E-state index in [-0.39, 0.29) is 32.1 Å². The minimum atomic E-state index is -0.643. The Hall–Kier alpha value is 0.353. The second kappa shape index (κ2) is 8.45. The quantitative estimate of drug-likeness (QED) is 0.750.